The largest absolute Gasteiger partial charge is 0.437 e. The number of fused-ring (bicyclic) bond motifs is 1. The normalized spacial score (nSPS) is 11.3. The fraction of sp³-hybridized carbons (Fsp3) is 0.188. The lowest BCUT2D eigenvalue weighted by molar-refractivity contribution is 0.285. The van der Waals surface area contributed by atoms with Crippen molar-refractivity contribution in [1.82, 2.24) is 9.88 Å². The predicted octanol–water partition coefficient (Wildman–Crippen LogP) is 3.04. The molecule has 0 unspecified atom stereocenters. The average Bonchev–Trinajstić information content (AvgIpc) is 2.83. The Morgan fingerprint density at radius 2 is 1.85 bits per heavy atom. The van der Waals surface area contributed by atoms with Gasteiger partial charge in [0.1, 0.15) is 5.52 Å². The van der Waals surface area contributed by atoms with Gasteiger partial charge in [-0.3, -0.25) is 4.90 Å². The first-order chi connectivity index (χ1) is 9.72. The molecule has 1 aromatic heterocycles. The van der Waals surface area contributed by atoms with Crippen molar-refractivity contribution in [3.63, 3.8) is 0 Å². The Labute approximate surface area is 117 Å². The Kier molecular flexibility index (Phi) is 3.39. The topological polar surface area (TPSA) is 55.3 Å². The summed E-state index contributed by atoms with van der Waals surface area (Å²) in [6.45, 7) is 1.51. The number of rotatable bonds is 4. The first-order valence-electron chi connectivity index (χ1n) is 6.59. The number of nitrogens with two attached hydrogens (primary N) is 1. The van der Waals surface area contributed by atoms with Crippen LogP contribution in [0, 0.1) is 0 Å². The summed E-state index contributed by atoms with van der Waals surface area (Å²) >= 11 is 0. The first kappa shape index (κ1) is 12.7. The summed E-state index contributed by atoms with van der Waals surface area (Å²) in [6.07, 6.45) is 0. The number of para-hydroxylation sites is 1. The van der Waals surface area contributed by atoms with Crippen molar-refractivity contribution in [3.8, 4) is 0 Å². The van der Waals surface area contributed by atoms with Crippen LogP contribution in [0.1, 0.15) is 11.5 Å². The molecule has 2 aromatic carbocycles. The van der Waals surface area contributed by atoms with E-state index in [2.05, 4.69) is 22.0 Å². The zero-order valence-electron chi connectivity index (χ0n) is 11.4. The molecule has 1 heterocycles. The van der Waals surface area contributed by atoms with Crippen LogP contribution in [0.2, 0.25) is 0 Å². The molecule has 0 aliphatic heterocycles. The number of oxazole rings is 1. The van der Waals surface area contributed by atoms with E-state index in [1.807, 2.05) is 43.4 Å². The van der Waals surface area contributed by atoms with Crippen molar-refractivity contribution in [3.05, 3.63) is 60.0 Å². The molecule has 0 fully saturated rings. The number of nitrogens with zero attached hydrogens (tertiary/aromatic N) is 2. The lowest BCUT2D eigenvalue weighted by Crippen LogP contribution is -2.17. The number of nitrogen functional groups attached to an aromatic ring is 1. The molecule has 0 aliphatic rings. The van der Waals surface area contributed by atoms with Crippen molar-refractivity contribution in [2.24, 2.45) is 0 Å². The molecule has 0 saturated heterocycles. The number of hydrogen-bond acceptors (Lipinski definition) is 4. The van der Waals surface area contributed by atoms with Crippen LogP contribution in [0.5, 0.6) is 0 Å². The van der Waals surface area contributed by atoms with Crippen LogP contribution >= 0.6 is 0 Å². The van der Waals surface area contributed by atoms with Crippen molar-refractivity contribution in [2.45, 2.75) is 13.1 Å². The molecule has 20 heavy (non-hydrogen) atoms. The smallest absolute Gasteiger partial charge is 0.209 e. The maximum atomic E-state index is 5.88. The van der Waals surface area contributed by atoms with Crippen molar-refractivity contribution in [2.75, 3.05) is 12.8 Å². The number of benzene rings is 2. The number of aromatic nitrogens is 1. The fourth-order valence-electron chi connectivity index (χ4n) is 2.27. The third-order valence-electron chi connectivity index (χ3n) is 3.19. The molecule has 2 N–H and O–H groups in total. The summed E-state index contributed by atoms with van der Waals surface area (Å²) in [5.74, 6) is 0.691. The molecule has 3 aromatic rings. The summed E-state index contributed by atoms with van der Waals surface area (Å²) in [7, 11) is 2.05. The summed E-state index contributed by atoms with van der Waals surface area (Å²) in [4.78, 5) is 6.63. The minimum absolute atomic E-state index is 0.631. The van der Waals surface area contributed by atoms with Gasteiger partial charge in [-0.05, 0) is 24.7 Å². The minimum atomic E-state index is 0.631. The van der Waals surface area contributed by atoms with Crippen molar-refractivity contribution < 1.29 is 4.42 Å². The Bertz CT molecular complexity index is 706. The molecule has 0 spiro atoms. The van der Waals surface area contributed by atoms with Gasteiger partial charge in [-0.2, -0.15) is 0 Å². The zero-order valence-corrected chi connectivity index (χ0v) is 11.4. The van der Waals surface area contributed by atoms with Gasteiger partial charge in [0.25, 0.3) is 0 Å². The average molecular weight is 267 g/mol. The SMILES string of the molecule is CN(Cc1ccccc1)Cc1nc2cccc(N)c2o1. The Balaban J connectivity index is 1.74. The van der Waals surface area contributed by atoms with E-state index >= 15 is 0 Å². The van der Waals surface area contributed by atoms with E-state index in [-0.39, 0.29) is 0 Å². The summed E-state index contributed by atoms with van der Waals surface area (Å²) < 4.78 is 5.73. The monoisotopic (exact) mass is 267 g/mol. The van der Waals surface area contributed by atoms with Crippen LogP contribution in [0.15, 0.2) is 52.9 Å². The third kappa shape index (κ3) is 2.65. The summed E-state index contributed by atoms with van der Waals surface area (Å²) in [6, 6.07) is 16.0. The van der Waals surface area contributed by atoms with Crippen molar-refractivity contribution in [1.29, 1.82) is 0 Å². The van der Waals surface area contributed by atoms with Gasteiger partial charge >= 0.3 is 0 Å². The van der Waals surface area contributed by atoms with Gasteiger partial charge in [0.15, 0.2) is 5.58 Å². The predicted molar refractivity (Wildman–Crippen MR) is 80.0 cm³/mol. The fourth-order valence-corrected chi connectivity index (χ4v) is 2.27. The van der Waals surface area contributed by atoms with Gasteiger partial charge in [-0.1, -0.05) is 36.4 Å². The highest BCUT2D eigenvalue weighted by Gasteiger charge is 2.10. The van der Waals surface area contributed by atoms with Crippen LogP contribution in [0.25, 0.3) is 11.1 Å². The Morgan fingerprint density at radius 1 is 1.05 bits per heavy atom. The molecule has 4 heteroatoms. The highest BCUT2D eigenvalue weighted by atomic mass is 16.3. The van der Waals surface area contributed by atoms with E-state index in [4.69, 9.17) is 10.2 Å². The summed E-state index contributed by atoms with van der Waals surface area (Å²) in [5, 5.41) is 0. The van der Waals surface area contributed by atoms with Crippen LogP contribution in [-0.2, 0) is 13.1 Å². The van der Waals surface area contributed by atoms with Crippen LogP contribution in [0.3, 0.4) is 0 Å². The molecule has 0 amide bonds. The van der Waals surface area contributed by atoms with E-state index in [1.165, 1.54) is 5.56 Å². The second kappa shape index (κ2) is 5.35. The van der Waals surface area contributed by atoms with Crippen LogP contribution in [-0.4, -0.2) is 16.9 Å². The molecule has 0 aliphatic carbocycles. The van der Waals surface area contributed by atoms with E-state index in [0.717, 1.165) is 12.1 Å². The highest BCUT2D eigenvalue weighted by molar-refractivity contribution is 5.84. The molecule has 102 valence electrons. The standard InChI is InChI=1S/C16H17N3O/c1-19(10-12-6-3-2-4-7-12)11-15-18-14-9-5-8-13(17)16(14)20-15/h2-9H,10-11,17H2,1H3. The highest BCUT2D eigenvalue weighted by Crippen LogP contribution is 2.22. The lowest BCUT2D eigenvalue weighted by atomic mass is 10.2. The van der Waals surface area contributed by atoms with Crippen molar-refractivity contribution >= 4 is 16.8 Å². The summed E-state index contributed by atoms with van der Waals surface area (Å²) in [5.41, 5.74) is 9.27. The maximum absolute atomic E-state index is 5.88. The van der Waals surface area contributed by atoms with Crippen LogP contribution in [0.4, 0.5) is 5.69 Å². The Hall–Kier alpha value is -2.33. The second-order valence-corrected chi connectivity index (χ2v) is 4.96. The van der Waals surface area contributed by atoms with Gasteiger partial charge in [0.05, 0.1) is 12.2 Å². The quantitative estimate of drug-likeness (QED) is 0.738. The zero-order chi connectivity index (χ0) is 13.9. The Morgan fingerprint density at radius 3 is 2.60 bits per heavy atom. The van der Waals surface area contributed by atoms with E-state index in [1.54, 1.807) is 0 Å². The molecule has 4 nitrogen and oxygen atoms in total. The minimum Gasteiger partial charge on any atom is -0.437 e. The van der Waals surface area contributed by atoms with Gasteiger partial charge in [0, 0.05) is 6.54 Å². The molecule has 0 bridgehead atoms. The molecule has 0 saturated carbocycles. The van der Waals surface area contributed by atoms with Crippen LogP contribution < -0.4 is 5.73 Å². The molecular formula is C16H17N3O. The third-order valence-corrected chi connectivity index (χ3v) is 3.19. The number of hydrogen-bond donors (Lipinski definition) is 1. The van der Waals surface area contributed by atoms with Gasteiger partial charge < -0.3 is 10.2 Å². The van der Waals surface area contributed by atoms with E-state index < -0.39 is 0 Å². The number of anilines is 1. The first-order valence-corrected chi connectivity index (χ1v) is 6.59. The van der Waals surface area contributed by atoms with E-state index in [9.17, 15) is 0 Å². The molecule has 3 rings (SSSR count). The van der Waals surface area contributed by atoms with Gasteiger partial charge in [0.2, 0.25) is 5.89 Å². The maximum Gasteiger partial charge on any atom is 0.209 e. The van der Waals surface area contributed by atoms with Gasteiger partial charge in [-0.25, -0.2) is 4.98 Å². The second-order valence-electron chi connectivity index (χ2n) is 4.96. The molecular weight excluding hydrogens is 250 g/mol. The van der Waals surface area contributed by atoms with E-state index in [0.29, 0.717) is 23.7 Å². The van der Waals surface area contributed by atoms with Gasteiger partial charge in [-0.15, -0.1) is 0 Å². The molecule has 0 radical (unpaired) electrons. The molecule has 0 atom stereocenters. The lowest BCUT2D eigenvalue weighted by Gasteiger charge is -2.14.